The second kappa shape index (κ2) is 5.28. The van der Waals surface area contributed by atoms with E-state index in [-0.39, 0.29) is 18.3 Å². The molecule has 2 aromatic carbocycles. The van der Waals surface area contributed by atoms with E-state index in [9.17, 15) is 0 Å². The summed E-state index contributed by atoms with van der Waals surface area (Å²) in [6.07, 6.45) is 0. The highest BCUT2D eigenvalue weighted by Crippen LogP contribution is 2.47. The summed E-state index contributed by atoms with van der Waals surface area (Å²) in [5, 5.41) is 0. The van der Waals surface area contributed by atoms with E-state index in [4.69, 9.17) is 9.31 Å². The van der Waals surface area contributed by atoms with Crippen molar-refractivity contribution in [2.75, 3.05) is 11.9 Å². The van der Waals surface area contributed by atoms with Crippen LogP contribution in [0.15, 0.2) is 52.3 Å². The number of hydrogen-bond acceptors (Lipinski definition) is 4. The molecule has 1 fully saturated rings. The van der Waals surface area contributed by atoms with Gasteiger partial charge in [0.25, 0.3) is 0 Å². The molecule has 0 saturated carbocycles. The molecule has 0 unspecified atom stereocenters. The van der Waals surface area contributed by atoms with Crippen LogP contribution in [0.4, 0.5) is 11.4 Å². The van der Waals surface area contributed by atoms with Crippen LogP contribution in [0.5, 0.6) is 0 Å². The van der Waals surface area contributed by atoms with Gasteiger partial charge in [-0.25, -0.2) is 0 Å². The highest BCUT2D eigenvalue weighted by atomic mass is 32.2. The van der Waals surface area contributed by atoms with Crippen LogP contribution in [0.3, 0.4) is 0 Å². The Morgan fingerprint density at radius 3 is 2.21 bits per heavy atom. The number of anilines is 2. The van der Waals surface area contributed by atoms with E-state index in [1.165, 1.54) is 21.2 Å². The third-order valence-electron chi connectivity index (χ3n) is 5.32. The molecule has 0 aliphatic carbocycles. The average molecular weight is 339 g/mol. The maximum absolute atomic E-state index is 6.19. The lowest BCUT2D eigenvalue weighted by Crippen LogP contribution is -2.41. The minimum atomic E-state index is -0.316. The number of fused-ring (bicyclic) bond motifs is 2. The lowest BCUT2D eigenvalue weighted by molar-refractivity contribution is 0.00578. The highest BCUT2D eigenvalue weighted by Gasteiger charge is 2.51. The SMILES string of the molecule is CN1c2ccccc2Sc2cc(B3OC(C)(C)C(C)(C)O3)ccc21. The first-order valence-corrected chi connectivity index (χ1v) is 9.10. The lowest BCUT2D eigenvalue weighted by atomic mass is 9.79. The van der Waals surface area contributed by atoms with Crippen molar-refractivity contribution in [3.63, 3.8) is 0 Å². The van der Waals surface area contributed by atoms with E-state index in [0.29, 0.717) is 0 Å². The molecule has 0 amide bonds. The fraction of sp³-hybridized carbons (Fsp3) is 0.368. The van der Waals surface area contributed by atoms with Crippen LogP contribution >= 0.6 is 11.8 Å². The fourth-order valence-corrected chi connectivity index (χ4v) is 4.28. The Kier molecular flexibility index (Phi) is 3.54. The molecule has 1 saturated heterocycles. The monoisotopic (exact) mass is 339 g/mol. The maximum atomic E-state index is 6.19. The van der Waals surface area contributed by atoms with Gasteiger partial charge in [0.1, 0.15) is 0 Å². The van der Waals surface area contributed by atoms with Crippen molar-refractivity contribution >= 4 is 35.7 Å². The van der Waals surface area contributed by atoms with Gasteiger partial charge in [0.15, 0.2) is 0 Å². The molecule has 0 spiro atoms. The number of benzene rings is 2. The standard InChI is InChI=1S/C19H22BNO2S/c1-18(2)19(3,4)23-20(22-18)13-10-11-15-17(12-13)24-16-9-7-6-8-14(16)21(15)5/h6-12H,1-5H3. The fourth-order valence-electron chi connectivity index (χ4n) is 3.08. The number of rotatable bonds is 1. The van der Waals surface area contributed by atoms with Gasteiger partial charge in [-0.1, -0.05) is 30.0 Å². The number of para-hydroxylation sites is 1. The van der Waals surface area contributed by atoms with Crippen molar-refractivity contribution in [1.29, 1.82) is 0 Å². The van der Waals surface area contributed by atoms with Crippen molar-refractivity contribution < 1.29 is 9.31 Å². The molecule has 0 radical (unpaired) electrons. The predicted molar refractivity (Wildman–Crippen MR) is 101 cm³/mol. The molecule has 0 atom stereocenters. The van der Waals surface area contributed by atoms with Crippen LogP contribution in [0.25, 0.3) is 0 Å². The predicted octanol–water partition coefficient (Wildman–Crippen LogP) is 4.22. The summed E-state index contributed by atoms with van der Waals surface area (Å²) >= 11 is 1.81. The molecule has 2 heterocycles. The second-order valence-corrected chi connectivity index (χ2v) is 8.53. The zero-order chi connectivity index (χ0) is 17.1. The molecule has 0 N–H and O–H groups in total. The van der Waals surface area contributed by atoms with Gasteiger partial charge < -0.3 is 14.2 Å². The van der Waals surface area contributed by atoms with Gasteiger partial charge in [0, 0.05) is 16.8 Å². The van der Waals surface area contributed by atoms with E-state index < -0.39 is 0 Å². The molecule has 2 aliphatic rings. The molecule has 4 rings (SSSR count). The summed E-state index contributed by atoms with van der Waals surface area (Å²) < 4.78 is 12.4. The highest BCUT2D eigenvalue weighted by molar-refractivity contribution is 7.99. The Bertz CT molecular complexity index is 790. The first-order valence-electron chi connectivity index (χ1n) is 8.29. The number of hydrogen-bond donors (Lipinski definition) is 0. The summed E-state index contributed by atoms with van der Waals surface area (Å²) in [5.41, 5.74) is 2.92. The number of nitrogens with zero attached hydrogens (tertiary/aromatic N) is 1. The van der Waals surface area contributed by atoms with Gasteiger partial charge in [0.2, 0.25) is 0 Å². The van der Waals surface area contributed by atoms with Crippen LogP contribution in [0, 0.1) is 0 Å². The first kappa shape index (κ1) is 16.1. The van der Waals surface area contributed by atoms with Gasteiger partial charge in [-0.2, -0.15) is 0 Å². The van der Waals surface area contributed by atoms with Crippen LogP contribution in [-0.2, 0) is 9.31 Å². The Balaban J connectivity index is 1.69. The van der Waals surface area contributed by atoms with E-state index in [1.807, 2.05) is 0 Å². The zero-order valence-corrected chi connectivity index (χ0v) is 15.6. The van der Waals surface area contributed by atoms with Gasteiger partial charge >= 0.3 is 7.12 Å². The summed E-state index contributed by atoms with van der Waals surface area (Å²) in [7, 11) is 1.80. The van der Waals surface area contributed by atoms with Gasteiger partial charge in [-0.05, 0) is 57.4 Å². The third-order valence-corrected chi connectivity index (χ3v) is 6.43. The molecule has 2 aliphatic heterocycles. The zero-order valence-electron chi connectivity index (χ0n) is 14.8. The normalized spacial score (nSPS) is 20.7. The van der Waals surface area contributed by atoms with Crippen molar-refractivity contribution in [3.05, 3.63) is 42.5 Å². The molecule has 24 heavy (non-hydrogen) atoms. The Hall–Kier alpha value is -1.43. The molecule has 124 valence electrons. The van der Waals surface area contributed by atoms with Crippen molar-refractivity contribution in [1.82, 2.24) is 0 Å². The molecule has 0 aromatic heterocycles. The van der Waals surface area contributed by atoms with Crippen LogP contribution in [-0.4, -0.2) is 25.4 Å². The van der Waals surface area contributed by atoms with E-state index in [0.717, 1.165) is 5.46 Å². The molecular weight excluding hydrogens is 317 g/mol. The summed E-state index contributed by atoms with van der Waals surface area (Å²) in [6, 6.07) is 15.0. The summed E-state index contributed by atoms with van der Waals surface area (Å²) in [4.78, 5) is 4.76. The summed E-state index contributed by atoms with van der Waals surface area (Å²) in [6.45, 7) is 8.35. The maximum Gasteiger partial charge on any atom is 0.494 e. The quantitative estimate of drug-likeness (QED) is 0.725. The van der Waals surface area contributed by atoms with Crippen molar-refractivity contribution in [2.45, 2.75) is 48.7 Å². The minimum Gasteiger partial charge on any atom is -0.399 e. The van der Waals surface area contributed by atoms with Gasteiger partial charge in [-0.15, -0.1) is 0 Å². The van der Waals surface area contributed by atoms with Gasteiger partial charge in [-0.3, -0.25) is 0 Å². The molecule has 0 bridgehead atoms. The Labute approximate surface area is 148 Å². The van der Waals surface area contributed by atoms with Gasteiger partial charge in [0.05, 0.1) is 22.6 Å². The molecule has 3 nitrogen and oxygen atoms in total. The minimum absolute atomic E-state index is 0.315. The average Bonchev–Trinajstić information content (AvgIpc) is 2.75. The van der Waals surface area contributed by atoms with Crippen molar-refractivity contribution in [2.24, 2.45) is 0 Å². The van der Waals surface area contributed by atoms with Crippen LogP contribution in [0.2, 0.25) is 0 Å². The lowest BCUT2D eigenvalue weighted by Gasteiger charge is -2.32. The largest absolute Gasteiger partial charge is 0.494 e. The summed E-state index contributed by atoms with van der Waals surface area (Å²) in [5.74, 6) is 0. The van der Waals surface area contributed by atoms with E-state index >= 15 is 0 Å². The second-order valence-electron chi connectivity index (χ2n) is 7.44. The Morgan fingerprint density at radius 2 is 1.50 bits per heavy atom. The van der Waals surface area contributed by atoms with E-state index in [1.54, 1.807) is 11.8 Å². The topological polar surface area (TPSA) is 21.7 Å². The first-order chi connectivity index (χ1) is 11.3. The molecule has 2 aromatic rings. The van der Waals surface area contributed by atoms with Crippen LogP contribution in [0.1, 0.15) is 27.7 Å². The Morgan fingerprint density at radius 1 is 0.875 bits per heavy atom. The molecule has 5 heteroatoms. The van der Waals surface area contributed by atoms with E-state index in [2.05, 4.69) is 82.1 Å². The van der Waals surface area contributed by atoms with Crippen LogP contribution < -0.4 is 10.4 Å². The molecular formula is C19H22BNO2S. The third kappa shape index (κ3) is 2.38. The van der Waals surface area contributed by atoms with Crippen molar-refractivity contribution in [3.8, 4) is 0 Å². The smallest absolute Gasteiger partial charge is 0.399 e.